The van der Waals surface area contributed by atoms with Crippen molar-refractivity contribution in [3.05, 3.63) is 84.9 Å². The molecule has 2 aromatic carbocycles. The largest absolute Gasteiger partial charge is 0.496 e. The van der Waals surface area contributed by atoms with Crippen molar-refractivity contribution < 1.29 is 14.3 Å². The van der Waals surface area contributed by atoms with Gasteiger partial charge in [-0.05, 0) is 49.2 Å². The van der Waals surface area contributed by atoms with Gasteiger partial charge in [0.15, 0.2) is 5.82 Å². The molecule has 0 radical (unpaired) electrons. The van der Waals surface area contributed by atoms with Gasteiger partial charge in [-0.1, -0.05) is 18.2 Å². The first kappa shape index (κ1) is 19.7. The highest BCUT2D eigenvalue weighted by Gasteiger charge is 2.52. The minimum Gasteiger partial charge on any atom is -0.496 e. The van der Waals surface area contributed by atoms with Crippen LogP contribution in [-0.4, -0.2) is 32.8 Å². The zero-order valence-electron chi connectivity index (χ0n) is 17.4. The number of nitrogens with one attached hydrogen (secondary N) is 1. The third kappa shape index (κ3) is 3.78. The molecule has 160 valence electrons. The van der Waals surface area contributed by atoms with Crippen LogP contribution in [0.2, 0.25) is 0 Å². The molecule has 1 saturated carbocycles. The summed E-state index contributed by atoms with van der Waals surface area (Å²) >= 11 is 0. The van der Waals surface area contributed by atoms with Crippen molar-refractivity contribution in [3.63, 3.8) is 0 Å². The summed E-state index contributed by atoms with van der Waals surface area (Å²) in [5.41, 5.74) is 1.09. The van der Waals surface area contributed by atoms with Gasteiger partial charge < -0.3 is 14.8 Å². The summed E-state index contributed by atoms with van der Waals surface area (Å²) in [6.45, 7) is 0. The van der Waals surface area contributed by atoms with E-state index < -0.39 is 5.41 Å². The van der Waals surface area contributed by atoms with Gasteiger partial charge in [-0.2, -0.15) is 0 Å². The SMILES string of the molecule is COc1ccccc1C1(C(=O)Nc2ccc(Oc3ccc(-n4ccnc4)nn3)cc2)CC1. The van der Waals surface area contributed by atoms with Gasteiger partial charge >= 0.3 is 0 Å². The fourth-order valence-corrected chi connectivity index (χ4v) is 3.66. The number of carbonyl (C=O) groups excluding carboxylic acids is 1. The fourth-order valence-electron chi connectivity index (χ4n) is 3.66. The Balaban J connectivity index is 1.25. The smallest absolute Gasteiger partial charge is 0.238 e. The lowest BCUT2D eigenvalue weighted by molar-refractivity contribution is -0.118. The van der Waals surface area contributed by atoms with Crippen LogP contribution < -0.4 is 14.8 Å². The fraction of sp³-hybridized carbons (Fsp3) is 0.167. The number of ether oxygens (including phenoxy) is 2. The van der Waals surface area contributed by atoms with E-state index in [1.54, 1.807) is 66.8 Å². The van der Waals surface area contributed by atoms with Gasteiger partial charge in [0.25, 0.3) is 0 Å². The Hall–Kier alpha value is -4.20. The number of hydrogen-bond donors (Lipinski definition) is 1. The highest BCUT2D eigenvalue weighted by atomic mass is 16.5. The average molecular weight is 427 g/mol. The van der Waals surface area contributed by atoms with Gasteiger partial charge in [-0.3, -0.25) is 9.36 Å². The Labute approximate surface area is 184 Å². The number of anilines is 1. The minimum absolute atomic E-state index is 0.0309. The molecule has 1 aliphatic rings. The van der Waals surface area contributed by atoms with Crippen LogP contribution in [0.1, 0.15) is 18.4 Å². The first-order valence-electron chi connectivity index (χ1n) is 10.2. The molecule has 0 saturated heterocycles. The molecule has 1 fully saturated rings. The number of imidazole rings is 1. The van der Waals surface area contributed by atoms with Crippen molar-refractivity contribution in [2.24, 2.45) is 0 Å². The number of aromatic nitrogens is 4. The summed E-state index contributed by atoms with van der Waals surface area (Å²) in [7, 11) is 1.63. The molecule has 4 aromatic rings. The molecule has 32 heavy (non-hydrogen) atoms. The number of methoxy groups -OCH3 is 1. The highest BCUT2D eigenvalue weighted by Crippen LogP contribution is 2.52. The average Bonchev–Trinajstić information content (AvgIpc) is 3.47. The van der Waals surface area contributed by atoms with Crippen molar-refractivity contribution in [3.8, 4) is 23.2 Å². The molecular formula is C24H21N5O3. The predicted octanol–water partition coefficient (Wildman–Crippen LogP) is 4.13. The first-order valence-corrected chi connectivity index (χ1v) is 10.2. The molecule has 5 rings (SSSR count). The maximum Gasteiger partial charge on any atom is 0.238 e. The molecule has 1 amide bonds. The lowest BCUT2D eigenvalue weighted by Crippen LogP contribution is -2.28. The quantitative estimate of drug-likeness (QED) is 0.477. The molecule has 1 N–H and O–H groups in total. The predicted molar refractivity (Wildman–Crippen MR) is 118 cm³/mol. The molecule has 2 heterocycles. The van der Waals surface area contributed by atoms with Crippen molar-refractivity contribution >= 4 is 11.6 Å². The normalized spacial score (nSPS) is 13.9. The molecule has 0 aliphatic heterocycles. The van der Waals surface area contributed by atoms with E-state index in [4.69, 9.17) is 9.47 Å². The molecular weight excluding hydrogens is 406 g/mol. The summed E-state index contributed by atoms with van der Waals surface area (Å²) in [5, 5.41) is 11.2. The van der Waals surface area contributed by atoms with Crippen molar-refractivity contribution in [2.75, 3.05) is 12.4 Å². The van der Waals surface area contributed by atoms with E-state index in [1.807, 2.05) is 24.3 Å². The topological polar surface area (TPSA) is 91.2 Å². The van der Waals surface area contributed by atoms with E-state index in [9.17, 15) is 4.79 Å². The second kappa shape index (κ2) is 8.14. The van der Waals surface area contributed by atoms with Crippen molar-refractivity contribution in [2.45, 2.75) is 18.3 Å². The molecule has 8 nitrogen and oxygen atoms in total. The van der Waals surface area contributed by atoms with Crippen LogP contribution in [0.4, 0.5) is 5.69 Å². The molecule has 0 atom stereocenters. The highest BCUT2D eigenvalue weighted by molar-refractivity contribution is 6.01. The number of carbonyl (C=O) groups is 1. The van der Waals surface area contributed by atoms with Crippen LogP contribution in [-0.2, 0) is 10.2 Å². The van der Waals surface area contributed by atoms with Crippen LogP contribution in [0.15, 0.2) is 79.4 Å². The van der Waals surface area contributed by atoms with Gasteiger partial charge in [0.05, 0.1) is 12.5 Å². The molecule has 1 aliphatic carbocycles. The van der Waals surface area contributed by atoms with Crippen molar-refractivity contribution in [1.29, 1.82) is 0 Å². The van der Waals surface area contributed by atoms with Crippen LogP contribution in [0.3, 0.4) is 0 Å². The van der Waals surface area contributed by atoms with Gasteiger partial charge in [0.1, 0.15) is 17.8 Å². The van der Waals surface area contributed by atoms with Crippen LogP contribution >= 0.6 is 0 Å². The first-order chi connectivity index (χ1) is 15.7. The van der Waals surface area contributed by atoms with E-state index in [0.717, 1.165) is 24.2 Å². The number of amides is 1. The van der Waals surface area contributed by atoms with Gasteiger partial charge in [0, 0.05) is 29.7 Å². The van der Waals surface area contributed by atoms with E-state index in [-0.39, 0.29) is 5.91 Å². The Morgan fingerprint density at radius 1 is 1.03 bits per heavy atom. The Kier molecular flexibility index (Phi) is 5.03. The van der Waals surface area contributed by atoms with Crippen LogP contribution in [0.5, 0.6) is 17.4 Å². The summed E-state index contributed by atoms with van der Waals surface area (Å²) in [6.07, 6.45) is 6.71. The van der Waals surface area contributed by atoms with Crippen molar-refractivity contribution in [1.82, 2.24) is 19.7 Å². The maximum atomic E-state index is 13.0. The number of nitrogens with zero attached hydrogens (tertiary/aromatic N) is 4. The third-order valence-corrected chi connectivity index (χ3v) is 5.54. The Bertz CT molecular complexity index is 1220. The number of rotatable bonds is 7. The lowest BCUT2D eigenvalue weighted by atomic mass is 9.94. The van der Waals surface area contributed by atoms with E-state index in [2.05, 4.69) is 20.5 Å². The lowest BCUT2D eigenvalue weighted by Gasteiger charge is -2.18. The third-order valence-electron chi connectivity index (χ3n) is 5.54. The van der Waals surface area contributed by atoms with Crippen LogP contribution in [0.25, 0.3) is 5.82 Å². The molecule has 8 heteroatoms. The standard InChI is InChI=1S/C24H21N5O3/c1-31-20-5-3-2-4-19(20)24(12-13-24)23(30)26-17-6-8-18(9-7-17)32-22-11-10-21(27-28-22)29-15-14-25-16-29/h2-11,14-16H,12-13H2,1H3,(H,26,30). The van der Waals surface area contributed by atoms with Gasteiger partial charge in [-0.15, -0.1) is 10.2 Å². The second-order valence-electron chi connectivity index (χ2n) is 7.56. The van der Waals surface area contributed by atoms with Gasteiger partial charge in [0.2, 0.25) is 11.8 Å². The molecule has 0 spiro atoms. The Morgan fingerprint density at radius 2 is 1.84 bits per heavy atom. The Morgan fingerprint density at radius 3 is 2.50 bits per heavy atom. The summed E-state index contributed by atoms with van der Waals surface area (Å²) < 4.78 is 13.0. The van der Waals surface area contributed by atoms with Crippen LogP contribution in [0, 0.1) is 0 Å². The van der Waals surface area contributed by atoms with E-state index in [1.165, 1.54) is 0 Å². The molecule has 0 bridgehead atoms. The number of benzene rings is 2. The summed E-state index contributed by atoms with van der Waals surface area (Å²) in [4.78, 5) is 17.0. The zero-order valence-corrected chi connectivity index (χ0v) is 17.4. The molecule has 2 aromatic heterocycles. The summed E-state index contributed by atoms with van der Waals surface area (Å²) in [5.74, 6) is 2.33. The van der Waals surface area contributed by atoms with E-state index in [0.29, 0.717) is 23.1 Å². The monoisotopic (exact) mass is 427 g/mol. The number of para-hydroxylation sites is 1. The molecule has 0 unspecified atom stereocenters. The summed E-state index contributed by atoms with van der Waals surface area (Å²) in [6, 6.07) is 18.4. The van der Waals surface area contributed by atoms with E-state index >= 15 is 0 Å². The minimum atomic E-state index is -0.533. The van der Waals surface area contributed by atoms with Gasteiger partial charge in [-0.25, -0.2) is 4.98 Å². The zero-order chi connectivity index (χ0) is 22.0. The maximum absolute atomic E-state index is 13.0. The number of hydrogen-bond acceptors (Lipinski definition) is 6. The second-order valence-corrected chi connectivity index (χ2v) is 7.56.